The zero-order chi connectivity index (χ0) is 22.1. The lowest BCUT2D eigenvalue weighted by atomic mass is 9.81. The summed E-state index contributed by atoms with van der Waals surface area (Å²) in [5, 5.41) is 12.7. The second-order valence-electron chi connectivity index (χ2n) is 7.74. The molecule has 4 rings (SSSR count). The van der Waals surface area contributed by atoms with Gasteiger partial charge >= 0.3 is 0 Å². The molecule has 2 aliphatic rings. The smallest absolute Gasteiger partial charge is 0.272 e. The molecule has 0 unspecified atom stereocenters. The SMILES string of the molecule is O=C(c1ccc([N+](=O)[O-])cc1)N(Cc1ccccc1F)N1C(=O)[C@H]2CCCC[C@H]2C1=O. The molecule has 1 heterocycles. The number of halogens is 1. The maximum Gasteiger partial charge on any atom is 0.273 e. The maximum absolute atomic E-state index is 14.3. The Hall–Kier alpha value is -3.62. The standard InChI is InChI=1S/C22H20FN3O5/c23-19-8-4-1-5-15(19)13-24(20(27)14-9-11-16(12-10-14)26(30)31)25-21(28)17-6-2-3-7-18(17)22(25)29/h1,4-5,8-12,17-18H,2-3,6-7,13H2/t17-,18+. The van der Waals surface area contributed by atoms with Crippen molar-refractivity contribution in [2.45, 2.75) is 32.2 Å². The Bertz CT molecular complexity index is 1030. The van der Waals surface area contributed by atoms with E-state index in [1.165, 1.54) is 42.5 Å². The number of hydrogen-bond donors (Lipinski definition) is 0. The molecule has 0 bridgehead atoms. The van der Waals surface area contributed by atoms with Crippen LogP contribution >= 0.6 is 0 Å². The summed E-state index contributed by atoms with van der Waals surface area (Å²) in [7, 11) is 0. The van der Waals surface area contributed by atoms with Gasteiger partial charge in [0.05, 0.1) is 23.3 Å². The van der Waals surface area contributed by atoms with Crippen molar-refractivity contribution in [1.29, 1.82) is 0 Å². The Kier molecular flexibility index (Phi) is 5.50. The molecule has 8 nitrogen and oxygen atoms in total. The van der Waals surface area contributed by atoms with Crippen molar-refractivity contribution in [1.82, 2.24) is 10.0 Å². The van der Waals surface area contributed by atoms with E-state index in [1.807, 2.05) is 0 Å². The van der Waals surface area contributed by atoms with Gasteiger partial charge in [0.2, 0.25) is 0 Å². The van der Waals surface area contributed by atoms with E-state index in [1.54, 1.807) is 6.07 Å². The van der Waals surface area contributed by atoms with Crippen LogP contribution in [0.5, 0.6) is 0 Å². The van der Waals surface area contributed by atoms with Gasteiger partial charge in [-0.2, -0.15) is 5.01 Å². The summed E-state index contributed by atoms with van der Waals surface area (Å²) < 4.78 is 14.3. The Morgan fingerprint density at radius 3 is 2.16 bits per heavy atom. The van der Waals surface area contributed by atoms with Crippen molar-refractivity contribution in [3.8, 4) is 0 Å². The molecule has 3 amide bonds. The Labute approximate surface area is 177 Å². The van der Waals surface area contributed by atoms with E-state index in [-0.39, 0.29) is 23.4 Å². The monoisotopic (exact) mass is 425 g/mol. The molecule has 31 heavy (non-hydrogen) atoms. The van der Waals surface area contributed by atoms with Gasteiger partial charge in [-0.25, -0.2) is 9.40 Å². The van der Waals surface area contributed by atoms with Gasteiger partial charge in [0.25, 0.3) is 23.4 Å². The average Bonchev–Trinajstić information content (AvgIpc) is 3.03. The van der Waals surface area contributed by atoms with Crippen molar-refractivity contribution in [2.24, 2.45) is 11.8 Å². The van der Waals surface area contributed by atoms with Crippen LogP contribution in [0.25, 0.3) is 0 Å². The predicted molar refractivity (Wildman–Crippen MR) is 107 cm³/mol. The fraction of sp³-hybridized carbons (Fsp3) is 0.318. The number of nitro benzene ring substituents is 1. The van der Waals surface area contributed by atoms with Crippen LogP contribution in [-0.2, 0) is 16.1 Å². The highest BCUT2D eigenvalue weighted by Gasteiger charge is 2.51. The zero-order valence-corrected chi connectivity index (χ0v) is 16.6. The van der Waals surface area contributed by atoms with Gasteiger partial charge in [-0.05, 0) is 31.0 Å². The van der Waals surface area contributed by atoms with Crippen LogP contribution in [0, 0.1) is 27.8 Å². The Morgan fingerprint density at radius 2 is 1.61 bits per heavy atom. The van der Waals surface area contributed by atoms with Gasteiger partial charge in [-0.3, -0.25) is 24.5 Å². The summed E-state index contributed by atoms with van der Waals surface area (Å²) in [6.07, 6.45) is 2.81. The summed E-state index contributed by atoms with van der Waals surface area (Å²) in [5.41, 5.74) is 0.00203. The lowest BCUT2D eigenvalue weighted by molar-refractivity contribution is -0.384. The normalized spacial score (nSPS) is 20.5. The number of carbonyl (C=O) groups excluding carboxylic acids is 3. The fourth-order valence-corrected chi connectivity index (χ4v) is 4.28. The minimum atomic E-state index is -0.710. The number of fused-ring (bicyclic) bond motifs is 1. The zero-order valence-electron chi connectivity index (χ0n) is 16.6. The number of carbonyl (C=O) groups is 3. The quantitative estimate of drug-likeness (QED) is 0.415. The molecular weight excluding hydrogens is 405 g/mol. The maximum atomic E-state index is 14.3. The average molecular weight is 425 g/mol. The summed E-state index contributed by atoms with van der Waals surface area (Å²) in [5.74, 6) is -3.15. The first-order valence-electron chi connectivity index (χ1n) is 10.1. The fourth-order valence-electron chi connectivity index (χ4n) is 4.28. The minimum absolute atomic E-state index is 0.0532. The van der Waals surface area contributed by atoms with E-state index in [0.717, 1.165) is 22.9 Å². The van der Waals surface area contributed by atoms with Gasteiger partial charge in [0.1, 0.15) is 5.82 Å². The van der Waals surface area contributed by atoms with Crippen LogP contribution in [0.3, 0.4) is 0 Å². The molecule has 2 fully saturated rings. The summed E-state index contributed by atoms with van der Waals surface area (Å²) in [6.45, 7) is -0.320. The number of non-ortho nitro benzene ring substituents is 1. The number of hydrogen-bond acceptors (Lipinski definition) is 5. The molecule has 160 valence electrons. The molecule has 1 saturated heterocycles. The number of hydrazine groups is 1. The first-order chi connectivity index (χ1) is 14.9. The minimum Gasteiger partial charge on any atom is -0.272 e. The third-order valence-electron chi connectivity index (χ3n) is 5.90. The summed E-state index contributed by atoms with van der Waals surface area (Å²) in [4.78, 5) is 49.8. The van der Waals surface area contributed by atoms with Gasteiger partial charge in [-0.1, -0.05) is 31.0 Å². The topological polar surface area (TPSA) is 101 Å². The summed E-state index contributed by atoms with van der Waals surface area (Å²) >= 11 is 0. The first kappa shape index (κ1) is 20.6. The van der Waals surface area contributed by atoms with Gasteiger partial charge in [0, 0.05) is 23.3 Å². The van der Waals surface area contributed by atoms with E-state index in [4.69, 9.17) is 0 Å². The largest absolute Gasteiger partial charge is 0.273 e. The van der Waals surface area contributed by atoms with Crippen molar-refractivity contribution >= 4 is 23.4 Å². The van der Waals surface area contributed by atoms with E-state index in [2.05, 4.69) is 0 Å². The number of nitro groups is 1. The van der Waals surface area contributed by atoms with E-state index < -0.39 is 40.3 Å². The van der Waals surface area contributed by atoms with Crippen LogP contribution in [-0.4, -0.2) is 32.7 Å². The van der Waals surface area contributed by atoms with Crippen LogP contribution in [0.4, 0.5) is 10.1 Å². The van der Waals surface area contributed by atoms with E-state index >= 15 is 0 Å². The number of amides is 3. The molecule has 1 aliphatic heterocycles. The van der Waals surface area contributed by atoms with Crippen LogP contribution < -0.4 is 0 Å². The third kappa shape index (κ3) is 3.78. The molecule has 2 atom stereocenters. The van der Waals surface area contributed by atoms with Crippen molar-refractivity contribution < 1.29 is 23.7 Å². The number of benzene rings is 2. The Balaban J connectivity index is 1.71. The molecular formula is C22H20FN3O5. The number of nitrogens with zero attached hydrogens (tertiary/aromatic N) is 3. The van der Waals surface area contributed by atoms with Crippen LogP contribution in [0.15, 0.2) is 48.5 Å². The molecule has 0 aromatic heterocycles. The molecule has 9 heteroatoms. The third-order valence-corrected chi connectivity index (χ3v) is 5.90. The van der Waals surface area contributed by atoms with Crippen LogP contribution in [0.1, 0.15) is 41.6 Å². The van der Waals surface area contributed by atoms with E-state index in [9.17, 15) is 28.9 Å². The molecule has 0 radical (unpaired) electrons. The summed E-state index contributed by atoms with van der Waals surface area (Å²) in [6, 6.07) is 10.7. The predicted octanol–water partition coefficient (Wildman–Crippen LogP) is 3.47. The van der Waals surface area contributed by atoms with Gasteiger partial charge < -0.3 is 0 Å². The van der Waals surface area contributed by atoms with Crippen molar-refractivity contribution in [3.05, 3.63) is 75.6 Å². The second-order valence-corrected chi connectivity index (χ2v) is 7.74. The second kappa shape index (κ2) is 8.25. The highest BCUT2D eigenvalue weighted by molar-refractivity contribution is 6.07. The molecule has 0 N–H and O–H groups in total. The molecule has 0 spiro atoms. The van der Waals surface area contributed by atoms with Crippen molar-refractivity contribution in [3.63, 3.8) is 0 Å². The number of rotatable bonds is 5. The lowest BCUT2D eigenvalue weighted by Crippen LogP contribution is -2.49. The highest BCUT2D eigenvalue weighted by Crippen LogP contribution is 2.39. The molecule has 2 aromatic carbocycles. The molecule has 1 saturated carbocycles. The lowest BCUT2D eigenvalue weighted by Gasteiger charge is -2.30. The first-order valence-corrected chi connectivity index (χ1v) is 10.1. The van der Waals surface area contributed by atoms with Gasteiger partial charge in [-0.15, -0.1) is 0 Å². The van der Waals surface area contributed by atoms with E-state index in [0.29, 0.717) is 12.8 Å². The van der Waals surface area contributed by atoms with Gasteiger partial charge in [0.15, 0.2) is 0 Å². The highest BCUT2D eigenvalue weighted by atomic mass is 19.1. The molecule has 1 aliphatic carbocycles. The molecule has 2 aromatic rings. The Morgan fingerprint density at radius 1 is 1.03 bits per heavy atom. The van der Waals surface area contributed by atoms with Crippen LogP contribution in [0.2, 0.25) is 0 Å². The number of imide groups is 1. The van der Waals surface area contributed by atoms with Crippen molar-refractivity contribution in [2.75, 3.05) is 0 Å².